The van der Waals surface area contributed by atoms with Crippen LogP contribution in [0.4, 0.5) is 4.79 Å². The SMILES string of the molecule is CC(C)(C)OC(=O)C(=O)C[C@@H]1C[C@@H](C(=O)OCc2ccccc2)N(C(=O)OC(C)(C)C)C1=O. The molecule has 0 aliphatic carbocycles. The lowest BCUT2D eigenvalue weighted by molar-refractivity contribution is -0.163. The molecular weight excluding hydrogens is 430 g/mol. The highest BCUT2D eigenvalue weighted by molar-refractivity contribution is 6.34. The number of carbonyl (C=O) groups excluding carboxylic acids is 5. The summed E-state index contributed by atoms with van der Waals surface area (Å²) < 4.78 is 15.7. The van der Waals surface area contributed by atoms with E-state index in [-0.39, 0.29) is 13.0 Å². The number of imide groups is 1. The molecule has 180 valence electrons. The smallest absolute Gasteiger partial charge is 0.417 e. The van der Waals surface area contributed by atoms with Gasteiger partial charge in [-0.25, -0.2) is 19.3 Å². The van der Waals surface area contributed by atoms with Crippen LogP contribution in [0.2, 0.25) is 0 Å². The van der Waals surface area contributed by atoms with Crippen LogP contribution in [0, 0.1) is 5.92 Å². The fourth-order valence-electron chi connectivity index (χ4n) is 3.19. The van der Waals surface area contributed by atoms with E-state index in [9.17, 15) is 24.0 Å². The maximum atomic E-state index is 13.0. The highest BCUT2D eigenvalue weighted by Crippen LogP contribution is 2.30. The second-order valence-electron chi connectivity index (χ2n) is 9.86. The zero-order valence-electron chi connectivity index (χ0n) is 19.9. The molecule has 1 heterocycles. The number of rotatable bonds is 6. The lowest BCUT2D eigenvalue weighted by Gasteiger charge is -2.26. The lowest BCUT2D eigenvalue weighted by Crippen LogP contribution is -2.46. The van der Waals surface area contributed by atoms with E-state index < -0.39 is 59.3 Å². The molecule has 9 nitrogen and oxygen atoms in total. The molecule has 0 spiro atoms. The molecule has 0 radical (unpaired) electrons. The van der Waals surface area contributed by atoms with Crippen molar-refractivity contribution in [1.29, 1.82) is 0 Å². The van der Waals surface area contributed by atoms with Crippen LogP contribution < -0.4 is 0 Å². The first-order chi connectivity index (χ1) is 15.2. The summed E-state index contributed by atoms with van der Waals surface area (Å²) in [6.07, 6.45) is -1.67. The summed E-state index contributed by atoms with van der Waals surface area (Å²) in [7, 11) is 0. The average molecular weight is 462 g/mol. The van der Waals surface area contributed by atoms with Gasteiger partial charge >= 0.3 is 18.0 Å². The molecule has 2 amide bonds. The van der Waals surface area contributed by atoms with Crippen LogP contribution in [0.1, 0.15) is 59.9 Å². The number of ketones is 1. The van der Waals surface area contributed by atoms with Crippen molar-refractivity contribution in [2.75, 3.05) is 0 Å². The number of amides is 2. The molecule has 1 aliphatic rings. The maximum Gasteiger partial charge on any atom is 0.417 e. The van der Waals surface area contributed by atoms with Gasteiger partial charge in [0.05, 0.1) is 0 Å². The first-order valence-corrected chi connectivity index (χ1v) is 10.7. The van der Waals surface area contributed by atoms with Crippen molar-refractivity contribution < 1.29 is 38.2 Å². The van der Waals surface area contributed by atoms with Crippen molar-refractivity contribution in [3.63, 3.8) is 0 Å². The third kappa shape index (κ3) is 7.69. The van der Waals surface area contributed by atoms with Gasteiger partial charge < -0.3 is 14.2 Å². The minimum Gasteiger partial charge on any atom is -0.459 e. The molecule has 0 unspecified atom stereocenters. The van der Waals surface area contributed by atoms with Gasteiger partial charge in [-0.1, -0.05) is 30.3 Å². The molecule has 1 fully saturated rings. The molecule has 2 rings (SSSR count). The zero-order chi connectivity index (χ0) is 25.0. The van der Waals surface area contributed by atoms with Gasteiger partial charge in [-0.3, -0.25) is 9.59 Å². The lowest BCUT2D eigenvalue weighted by atomic mass is 9.98. The Hall–Kier alpha value is -3.23. The van der Waals surface area contributed by atoms with Gasteiger partial charge in [-0.15, -0.1) is 0 Å². The fraction of sp³-hybridized carbons (Fsp3) is 0.542. The Morgan fingerprint density at radius 2 is 1.52 bits per heavy atom. The number of Topliss-reactive ketones (excluding diaryl/α,β-unsaturated/α-hetero) is 1. The van der Waals surface area contributed by atoms with Crippen LogP contribution in [0.15, 0.2) is 30.3 Å². The largest absolute Gasteiger partial charge is 0.459 e. The second kappa shape index (κ2) is 10.1. The summed E-state index contributed by atoms with van der Waals surface area (Å²) in [6, 6.07) is 7.65. The first kappa shape index (κ1) is 26.0. The quantitative estimate of drug-likeness (QED) is 0.360. The predicted octanol–water partition coefficient (Wildman–Crippen LogP) is 3.18. The number of likely N-dealkylation sites (tertiary alicyclic amines) is 1. The van der Waals surface area contributed by atoms with Crippen LogP contribution in [0.5, 0.6) is 0 Å². The summed E-state index contributed by atoms with van der Waals surface area (Å²) in [5.74, 6) is -4.63. The second-order valence-corrected chi connectivity index (χ2v) is 9.86. The maximum absolute atomic E-state index is 13.0. The van der Waals surface area contributed by atoms with E-state index in [1.165, 1.54) is 0 Å². The van der Waals surface area contributed by atoms with Gasteiger partial charge in [-0.05, 0) is 53.5 Å². The molecule has 0 bridgehead atoms. The van der Waals surface area contributed by atoms with E-state index >= 15 is 0 Å². The van der Waals surface area contributed by atoms with Crippen LogP contribution >= 0.6 is 0 Å². The molecule has 1 aromatic rings. The summed E-state index contributed by atoms with van der Waals surface area (Å²) in [5.41, 5.74) is -1.06. The van der Waals surface area contributed by atoms with E-state index in [0.717, 1.165) is 5.56 Å². The third-order valence-corrected chi connectivity index (χ3v) is 4.55. The molecule has 9 heteroatoms. The van der Waals surface area contributed by atoms with Crippen molar-refractivity contribution in [1.82, 2.24) is 4.90 Å². The van der Waals surface area contributed by atoms with Crippen molar-refractivity contribution in [3.05, 3.63) is 35.9 Å². The Morgan fingerprint density at radius 3 is 2.06 bits per heavy atom. The van der Waals surface area contributed by atoms with Crippen molar-refractivity contribution in [3.8, 4) is 0 Å². The minimum absolute atomic E-state index is 0.0476. The van der Waals surface area contributed by atoms with Gasteiger partial charge in [0.1, 0.15) is 23.9 Å². The topological polar surface area (TPSA) is 116 Å². The van der Waals surface area contributed by atoms with E-state index in [1.807, 2.05) is 6.07 Å². The molecule has 33 heavy (non-hydrogen) atoms. The number of carbonyl (C=O) groups is 5. The normalized spacial score (nSPS) is 18.6. The minimum atomic E-state index is -1.27. The molecule has 0 aromatic heterocycles. The summed E-state index contributed by atoms with van der Waals surface area (Å²) in [5, 5.41) is 0. The van der Waals surface area contributed by atoms with E-state index in [1.54, 1.807) is 65.8 Å². The van der Waals surface area contributed by atoms with Gasteiger partial charge in [0.25, 0.3) is 0 Å². The van der Waals surface area contributed by atoms with Crippen LogP contribution in [-0.2, 0) is 40.0 Å². The fourth-order valence-corrected chi connectivity index (χ4v) is 3.19. The van der Waals surface area contributed by atoms with Gasteiger partial charge in [0.2, 0.25) is 11.7 Å². The van der Waals surface area contributed by atoms with Crippen molar-refractivity contribution in [2.24, 2.45) is 5.92 Å². The van der Waals surface area contributed by atoms with Crippen LogP contribution in [0.25, 0.3) is 0 Å². The van der Waals surface area contributed by atoms with Gasteiger partial charge in [0.15, 0.2) is 0 Å². The molecule has 1 saturated heterocycles. The summed E-state index contributed by atoms with van der Waals surface area (Å²) >= 11 is 0. The number of nitrogens with zero attached hydrogens (tertiary/aromatic N) is 1. The average Bonchev–Trinajstić information content (AvgIpc) is 3.00. The Morgan fingerprint density at radius 1 is 0.939 bits per heavy atom. The number of ether oxygens (including phenoxy) is 3. The highest BCUT2D eigenvalue weighted by Gasteiger charge is 2.50. The standard InChI is InChI=1S/C24H31NO8/c1-23(2,3)32-21(29)18(26)13-16-12-17(20(28)31-14-15-10-8-7-9-11-15)25(19(16)27)22(30)33-24(4,5)6/h7-11,16-17H,12-14H2,1-6H3/t16-,17-/m0/s1. The van der Waals surface area contributed by atoms with Crippen molar-refractivity contribution >= 4 is 29.7 Å². The third-order valence-electron chi connectivity index (χ3n) is 4.55. The van der Waals surface area contributed by atoms with Gasteiger partial charge in [-0.2, -0.15) is 0 Å². The Balaban J connectivity index is 2.17. The molecule has 1 aliphatic heterocycles. The number of hydrogen-bond acceptors (Lipinski definition) is 8. The predicted molar refractivity (Wildman–Crippen MR) is 117 cm³/mol. The number of hydrogen-bond donors (Lipinski definition) is 0. The molecule has 0 N–H and O–H groups in total. The Kier molecular flexibility index (Phi) is 8.00. The molecule has 1 aromatic carbocycles. The highest BCUT2D eigenvalue weighted by atomic mass is 16.6. The van der Waals surface area contributed by atoms with E-state index in [0.29, 0.717) is 4.90 Å². The first-order valence-electron chi connectivity index (χ1n) is 10.7. The van der Waals surface area contributed by atoms with Gasteiger partial charge in [0, 0.05) is 12.3 Å². The van der Waals surface area contributed by atoms with E-state index in [2.05, 4.69) is 0 Å². The van der Waals surface area contributed by atoms with Crippen molar-refractivity contribution in [2.45, 2.75) is 78.2 Å². The summed E-state index contributed by atoms with van der Waals surface area (Å²) in [4.78, 5) is 63.6. The molecule has 2 atom stereocenters. The monoisotopic (exact) mass is 461 g/mol. The number of benzene rings is 1. The zero-order valence-corrected chi connectivity index (χ0v) is 19.9. The summed E-state index contributed by atoms with van der Waals surface area (Å²) in [6.45, 7) is 9.66. The Bertz CT molecular complexity index is 911. The van der Waals surface area contributed by atoms with Crippen LogP contribution in [-0.4, -0.2) is 51.9 Å². The molecule has 0 saturated carbocycles. The van der Waals surface area contributed by atoms with Crippen LogP contribution in [0.3, 0.4) is 0 Å². The van der Waals surface area contributed by atoms with E-state index in [4.69, 9.17) is 14.2 Å². The Labute approximate surface area is 193 Å². The number of esters is 2. The molecular formula is C24H31NO8.